The lowest BCUT2D eigenvalue weighted by atomic mass is 9.93. The number of anilines is 3. The summed E-state index contributed by atoms with van der Waals surface area (Å²) < 4.78 is 0. The zero-order valence-electron chi connectivity index (χ0n) is 18.2. The summed E-state index contributed by atoms with van der Waals surface area (Å²) in [7, 11) is 3.29. The third-order valence-electron chi connectivity index (χ3n) is 5.85. The number of fused-ring (bicyclic) bond motifs is 1. The maximum atomic E-state index is 13.5. The van der Waals surface area contributed by atoms with Crippen LogP contribution in [0.25, 0.3) is 0 Å². The molecule has 1 aliphatic carbocycles. The topological polar surface area (TPSA) is 102 Å². The van der Waals surface area contributed by atoms with Crippen molar-refractivity contribution in [2.75, 3.05) is 35.8 Å². The van der Waals surface area contributed by atoms with Crippen LogP contribution in [0.3, 0.4) is 0 Å². The van der Waals surface area contributed by atoms with Crippen molar-refractivity contribution in [3.8, 4) is 0 Å². The van der Waals surface area contributed by atoms with Gasteiger partial charge in [0.05, 0.1) is 23.4 Å². The molecule has 1 fully saturated rings. The normalized spacial score (nSPS) is 20.7. The van der Waals surface area contributed by atoms with Gasteiger partial charge in [0, 0.05) is 31.9 Å². The fourth-order valence-electron chi connectivity index (χ4n) is 3.97. The van der Waals surface area contributed by atoms with Crippen molar-refractivity contribution in [3.63, 3.8) is 0 Å². The first-order chi connectivity index (χ1) is 15.3. The molecule has 2 aliphatic rings. The van der Waals surface area contributed by atoms with Gasteiger partial charge in [-0.2, -0.15) is 4.98 Å². The molecule has 2 heterocycles. The Bertz CT molecular complexity index is 1010. The number of likely N-dealkylation sites (N-methyl/N-ethyl adjacent to an activating group) is 1. The maximum Gasteiger partial charge on any atom is 0.331 e. The van der Waals surface area contributed by atoms with Gasteiger partial charge in [-0.05, 0) is 37.8 Å². The molecule has 0 atom stereocenters. The Morgan fingerprint density at radius 3 is 2.66 bits per heavy atom. The van der Waals surface area contributed by atoms with Gasteiger partial charge in [0.2, 0.25) is 11.9 Å². The Hall–Kier alpha value is -2.91. The van der Waals surface area contributed by atoms with Crippen molar-refractivity contribution >= 4 is 41.0 Å². The smallest absolute Gasteiger partial charge is 0.331 e. The highest BCUT2D eigenvalue weighted by molar-refractivity contribution is 6.34. The number of nitrogens with zero attached hydrogens (tertiary/aromatic N) is 5. The molecule has 1 aromatic carbocycles. The summed E-state index contributed by atoms with van der Waals surface area (Å²) in [5.41, 5.74) is 1.29. The predicted octanol–water partition coefficient (Wildman–Crippen LogP) is 2.88. The largest absolute Gasteiger partial charge is 0.393 e. The second-order valence-corrected chi connectivity index (χ2v) is 8.79. The third-order valence-corrected chi connectivity index (χ3v) is 6.17. The van der Waals surface area contributed by atoms with Crippen LogP contribution in [0.2, 0.25) is 5.02 Å². The second kappa shape index (κ2) is 9.30. The quantitative estimate of drug-likeness (QED) is 0.714. The number of aliphatic hydroxyl groups excluding tert-OH is 1. The van der Waals surface area contributed by atoms with Crippen LogP contribution in [0.1, 0.15) is 31.2 Å². The van der Waals surface area contributed by atoms with Crippen LogP contribution in [0.4, 0.5) is 22.2 Å². The average Bonchev–Trinajstić information content (AvgIpc) is 2.77. The van der Waals surface area contributed by atoms with Gasteiger partial charge in [-0.1, -0.05) is 23.7 Å². The minimum atomic E-state index is -0.369. The highest BCUT2D eigenvalue weighted by Crippen LogP contribution is 2.34. The zero-order chi connectivity index (χ0) is 22.8. The Morgan fingerprint density at radius 1 is 1.25 bits per heavy atom. The summed E-state index contributed by atoms with van der Waals surface area (Å²) in [6.45, 7) is 0.103. The van der Waals surface area contributed by atoms with Crippen LogP contribution in [-0.2, 0) is 11.3 Å². The van der Waals surface area contributed by atoms with Crippen molar-refractivity contribution < 1.29 is 14.7 Å². The van der Waals surface area contributed by atoms with E-state index in [4.69, 9.17) is 11.6 Å². The van der Waals surface area contributed by atoms with Gasteiger partial charge >= 0.3 is 6.03 Å². The first-order valence-corrected chi connectivity index (χ1v) is 11.1. The lowest BCUT2D eigenvalue weighted by Gasteiger charge is -2.36. The zero-order valence-corrected chi connectivity index (χ0v) is 18.9. The molecule has 170 valence electrons. The van der Waals surface area contributed by atoms with Gasteiger partial charge < -0.3 is 15.3 Å². The van der Waals surface area contributed by atoms with Crippen LogP contribution < -0.4 is 15.1 Å². The number of aromatic nitrogens is 2. The van der Waals surface area contributed by atoms with Gasteiger partial charge in [0.15, 0.2) is 0 Å². The SMILES string of the molecule is CN(C)C(=O)CN1C(=O)N(c2ccccc2Cl)Cc2cnc(NC3CCC(O)CC3)nc21. The highest BCUT2D eigenvalue weighted by atomic mass is 35.5. The number of carbonyl (C=O) groups excluding carboxylic acids is 2. The van der Waals surface area contributed by atoms with E-state index in [1.165, 1.54) is 14.7 Å². The standard InChI is InChI=1S/C22H27ClN6O3/c1-27(2)19(31)13-29-20-14(12-28(22(29)32)18-6-4-3-5-17(18)23)11-24-21(26-20)25-15-7-9-16(30)10-8-15/h3-6,11,15-16,30H,7-10,12-13H2,1-2H3,(H,24,25,26). The number of hydrogen-bond acceptors (Lipinski definition) is 6. The van der Waals surface area contributed by atoms with Crippen LogP contribution in [0.5, 0.6) is 0 Å². The molecule has 3 amide bonds. The van der Waals surface area contributed by atoms with E-state index in [1.807, 2.05) is 6.07 Å². The summed E-state index contributed by atoms with van der Waals surface area (Å²) in [4.78, 5) is 39.4. The molecule has 0 radical (unpaired) electrons. The number of para-hydroxylation sites is 1. The van der Waals surface area contributed by atoms with Crippen molar-refractivity contribution in [1.29, 1.82) is 0 Å². The molecule has 0 spiro atoms. The van der Waals surface area contributed by atoms with E-state index in [0.29, 0.717) is 22.5 Å². The van der Waals surface area contributed by atoms with Crippen molar-refractivity contribution in [3.05, 3.63) is 41.0 Å². The minimum absolute atomic E-state index is 0.147. The minimum Gasteiger partial charge on any atom is -0.393 e. The van der Waals surface area contributed by atoms with Gasteiger partial charge in [0.1, 0.15) is 12.4 Å². The Labute approximate surface area is 192 Å². The number of rotatable bonds is 5. The van der Waals surface area contributed by atoms with E-state index in [-0.39, 0.29) is 37.2 Å². The summed E-state index contributed by atoms with van der Waals surface area (Å²) in [6, 6.07) is 6.89. The molecule has 1 saturated carbocycles. The third kappa shape index (κ3) is 4.63. The lowest BCUT2D eigenvalue weighted by molar-refractivity contribution is -0.127. The first kappa shape index (κ1) is 22.3. The summed E-state index contributed by atoms with van der Waals surface area (Å²) >= 11 is 6.35. The number of aliphatic hydroxyl groups is 1. The molecule has 2 N–H and O–H groups in total. The van der Waals surface area contributed by atoms with Crippen molar-refractivity contribution in [2.45, 2.75) is 44.4 Å². The molecular weight excluding hydrogens is 432 g/mol. The highest BCUT2D eigenvalue weighted by Gasteiger charge is 2.35. The maximum absolute atomic E-state index is 13.5. The Balaban J connectivity index is 1.65. The van der Waals surface area contributed by atoms with Crippen LogP contribution in [-0.4, -0.2) is 64.7 Å². The molecule has 10 heteroatoms. The number of hydrogen-bond donors (Lipinski definition) is 2. The Morgan fingerprint density at radius 2 is 1.97 bits per heavy atom. The van der Waals surface area contributed by atoms with E-state index < -0.39 is 0 Å². The Kier molecular flexibility index (Phi) is 6.48. The van der Waals surface area contributed by atoms with Crippen molar-refractivity contribution in [1.82, 2.24) is 14.9 Å². The van der Waals surface area contributed by atoms with E-state index in [2.05, 4.69) is 15.3 Å². The van der Waals surface area contributed by atoms with Gasteiger partial charge in [0.25, 0.3) is 0 Å². The molecule has 0 bridgehead atoms. The number of carbonyl (C=O) groups is 2. The van der Waals surface area contributed by atoms with Gasteiger partial charge in [-0.3, -0.25) is 14.6 Å². The molecule has 1 aliphatic heterocycles. The molecule has 4 rings (SSSR count). The first-order valence-electron chi connectivity index (χ1n) is 10.7. The lowest BCUT2D eigenvalue weighted by Crippen LogP contribution is -2.51. The van der Waals surface area contributed by atoms with Crippen LogP contribution in [0.15, 0.2) is 30.5 Å². The molecule has 0 saturated heterocycles. The number of benzene rings is 1. The molecule has 0 unspecified atom stereocenters. The summed E-state index contributed by atoms with van der Waals surface area (Å²) in [5, 5.41) is 13.5. The van der Waals surface area contributed by atoms with Crippen LogP contribution in [0, 0.1) is 0 Å². The van der Waals surface area contributed by atoms with Gasteiger partial charge in [-0.15, -0.1) is 0 Å². The average molecular weight is 459 g/mol. The van der Waals surface area contributed by atoms with E-state index in [9.17, 15) is 14.7 Å². The number of nitrogens with one attached hydrogen (secondary N) is 1. The fourth-order valence-corrected chi connectivity index (χ4v) is 4.21. The van der Waals surface area contributed by atoms with Crippen molar-refractivity contribution in [2.24, 2.45) is 0 Å². The molecule has 32 heavy (non-hydrogen) atoms. The molecule has 9 nitrogen and oxygen atoms in total. The van der Waals surface area contributed by atoms with Gasteiger partial charge in [-0.25, -0.2) is 9.78 Å². The fraction of sp³-hybridized carbons (Fsp3) is 0.455. The molecule has 2 aromatic rings. The summed E-state index contributed by atoms with van der Waals surface area (Å²) in [6.07, 6.45) is 4.55. The molecule has 1 aromatic heterocycles. The number of urea groups is 1. The van der Waals surface area contributed by atoms with Crippen LogP contribution >= 0.6 is 11.6 Å². The van der Waals surface area contributed by atoms with E-state index in [0.717, 1.165) is 31.2 Å². The second-order valence-electron chi connectivity index (χ2n) is 8.39. The van der Waals surface area contributed by atoms with E-state index >= 15 is 0 Å². The number of halogens is 1. The molecular formula is C22H27ClN6O3. The predicted molar refractivity (Wildman–Crippen MR) is 123 cm³/mol. The summed E-state index contributed by atoms with van der Waals surface area (Å²) in [5.74, 6) is 0.605. The van der Waals surface area contributed by atoms with E-state index in [1.54, 1.807) is 38.5 Å². The monoisotopic (exact) mass is 458 g/mol. The number of amides is 3.